The predicted molar refractivity (Wildman–Crippen MR) is 259 cm³/mol. The van der Waals surface area contributed by atoms with Gasteiger partial charge in [0.2, 0.25) is 0 Å². The molecule has 4 aromatic heterocycles. The van der Waals surface area contributed by atoms with E-state index in [1.54, 1.807) is 0 Å². The third kappa shape index (κ3) is 5.35. The molecule has 0 saturated heterocycles. The smallest absolute Gasteiger partial charge is 0.164 e. The molecular weight excluding hydrogens is 769 g/mol. The van der Waals surface area contributed by atoms with Crippen LogP contribution < -0.4 is 0 Å². The van der Waals surface area contributed by atoms with Crippen LogP contribution in [0.15, 0.2) is 218 Å². The van der Waals surface area contributed by atoms with Crippen molar-refractivity contribution in [3.05, 3.63) is 218 Å². The summed E-state index contributed by atoms with van der Waals surface area (Å²) in [5.41, 5.74) is 12.8. The average Bonchev–Trinajstić information content (AvgIpc) is 4.01. The van der Waals surface area contributed by atoms with E-state index in [0.717, 1.165) is 77.6 Å². The van der Waals surface area contributed by atoms with Gasteiger partial charge >= 0.3 is 0 Å². The Kier molecular flexibility index (Phi) is 7.80. The summed E-state index contributed by atoms with van der Waals surface area (Å²) in [4.78, 5) is 15.8. The molecule has 0 amide bonds. The second-order valence-corrected chi connectivity index (χ2v) is 16.0. The van der Waals surface area contributed by atoms with Crippen molar-refractivity contribution in [2.24, 2.45) is 0 Å². The van der Waals surface area contributed by atoms with Crippen LogP contribution in [0.1, 0.15) is 0 Å². The first-order valence-corrected chi connectivity index (χ1v) is 21.3. The summed E-state index contributed by atoms with van der Waals surface area (Å²) in [6.45, 7) is 0. The summed E-state index contributed by atoms with van der Waals surface area (Å²) >= 11 is 0. The maximum Gasteiger partial charge on any atom is 0.164 e. The van der Waals surface area contributed by atoms with Crippen LogP contribution in [-0.2, 0) is 0 Å². The largest absolute Gasteiger partial charge is 0.309 e. The maximum atomic E-state index is 5.33. The van der Waals surface area contributed by atoms with Gasteiger partial charge in [0.1, 0.15) is 0 Å². The quantitative estimate of drug-likeness (QED) is 0.168. The molecule has 0 N–H and O–H groups in total. The van der Waals surface area contributed by atoms with Crippen molar-refractivity contribution in [1.82, 2.24) is 28.7 Å². The lowest BCUT2D eigenvalue weighted by atomic mass is 10.0. The first-order chi connectivity index (χ1) is 31.3. The SMILES string of the molecule is c1ccc(-c2nc(-c3ccccc3)nc(-c3cccc4c3c3c(ccc5c6ccccc6n(-c6ccccc6)c53)n4-c3cccc4c5ccccc5n(-c5ccccc5)c34)n2)cc1. The third-order valence-electron chi connectivity index (χ3n) is 12.5. The van der Waals surface area contributed by atoms with Crippen molar-refractivity contribution < 1.29 is 0 Å². The molecule has 0 spiro atoms. The van der Waals surface area contributed by atoms with Crippen LogP contribution >= 0.6 is 0 Å². The van der Waals surface area contributed by atoms with Gasteiger partial charge in [-0.25, -0.2) is 15.0 Å². The summed E-state index contributed by atoms with van der Waals surface area (Å²) in [6, 6.07) is 77.3. The molecule has 13 rings (SSSR count). The fraction of sp³-hybridized carbons (Fsp3) is 0. The summed E-state index contributed by atoms with van der Waals surface area (Å²) in [5.74, 6) is 1.87. The fourth-order valence-electron chi connectivity index (χ4n) is 9.85. The summed E-state index contributed by atoms with van der Waals surface area (Å²) < 4.78 is 7.33. The van der Waals surface area contributed by atoms with Crippen molar-refractivity contribution in [2.75, 3.05) is 0 Å². The van der Waals surface area contributed by atoms with Gasteiger partial charge in [-0.15, -0.1) is 0 Å². The number of para-hydroxylation sites is 5. The molecule has 0 radical (unpaired) electrons. The Morgan fingerprint density at radius 3 is 1.32 bits per heavy atom. The van der Waals surface area contributed by atoms with Crippen LogP contribution in [-0.4, -0.2) is 28.7 Å². The molecule has 6 nitrogen and oxygen atoms in total. The number of fused-ring (bicyclic) bond motifs is 10. The predicted octanol–water partition coefficient (Wildman–Crippen LogP) is 14.2. The van der Waals surface area contributed by atoms with Crippen LogP contribution in [0.4, 0.5) is 0 Å². The lowest BCUT2D eigenvalue weighted by molar-refractivity contribution is 1.08. The first-order valence-electron chi connectivity index (χ1n) is 21.3. The molecule has 294 valence electrons. The van der Waals surface area contributed by atoms with Gasteiger partial charge in [0.05, 0.1) is 38.8 Å². The van der Waals surface area contributed by atoms with Gasteiger partial charge in [-0.3, -0.25) is 0 Å². The number of aromatic nitrogens is 6. The Balaban J connectivity index is 1.23. The van der Waals surface area contributed by atoms with Crippen LogP contribution in [0.3, 0.4) is 0 Å². The first kappa shape index (κ1) is 35.2. The van der Waals surface area contributed by atoms with E-state index >= 15 is 0 Å². The molecule has 0 aliphatic rings. The zero-order valence-electron chi connectivity index (χ0n) is 34.0. The monoisotopic (exact) mass is 804 g/mol. The topological polar surface area (TPSA) is 53.5 Å². The molecular formula is C57H36N6. The van der Waals surface area contributed by atoms with E-state index in [-0.39, 0.29) is 0 Å². The van der Waals surface area contributed by atoms with E-state index < -0.39 is 0 Å². The molecule has 0 fully saturated rings. The minimum absolute atomic E-state index is 0.614. The third-order valence-corrected chi connectivity index (χ3v) is 12.5. The normalized spacial score (nSPS) is 11.8. The zero-order chi connectivity index (χ0) is 41.4. The van der Waals surface area contributed by atoms with E-state index in [4.69, 9.17) is 15.0 Å². The average molecular weight is 805 g/mol. The van der Waals surface area contributed by atoms with Crippen molar-refractivity contribution in [1.29, 1.82) is 0 Å². The van der Waals surface area contributed by atoms with E-state index in [0.29, 0.717) is 17.5 Å². The van der Waals surface area contributed by atoms with Gasteiger partial charge in [0, 0.05) is 60.4 Å². The molecule has 4 heterocycles. The van der Waals surface area contributed by atoms with Crippen LogP contribution in [0.25, 0.3) is 117 Å². The van der Waals surface area contributed by atoms with E-state index in [1.807, 2.05) is 36.4 Å². The Hall–Kier alpha value is -8.61. The molecule has 0 aliphatic carbocycles. The number of nitrogens with zero attached hydrogens (tertiary/aromatic N) is 6. The lowest BCUT2D eigenvalue weighted by Gasteiger charge is -2.14. The number of benzene rings is 9. The van der Waals surface area contributed by atoms with Crippen molar-refractivity contribution in [2.45, 2.75) is 0 Å². The van der Waals surface area contributed by atoms with Crippen molar-refractivity contribution in [3.63, 3.8) is 0 Å². The van der Waals surface area contributed by atoms with Gasteiger partial charge in [-0.1, -0.05) is 164 Å². The van der Waals surface area contributed by atoms with Gasteiger partial charge in [-0.2, -0.15) is 0 Å². The van der Waals surface area contributed by atoms with E-state index in [1.165, 1.54) is 21.5 Å². The summed E-state index contributed by atoms with van der Waals surface area (Å²) in [5, 5.41) is 6.97. The van der Waals surface area contributed by atoms with Crippen LogP contribution in [0, 0.1) is 0 Å². The highest BCUT2D eigenvalue weighted by Gasteiger charge is 2.26. The van der Waals surface area contributed by atoms with Gasteiger partial charge < -0.3 is 13.7 Å². The molecule has 9 aromatic carbocycles. The molecule has 0 atom stereocenters. The number of hydrogen-bond donors (Lipinski definition) is 0. The second-order valence-electron chi connectivity index (χ2n) is 16.0. The highest BCUT2D eigenvalue weighted by Crippen LogP contribution is 2.46. The van der Waals surface area contributed by atoms with E-state index in [2.05, 4.69) is 196 Å². The second kappa shape index (κ2) is 14.0. The molecule has 13 aromatic rings. The Morgan fingerprint density at radius 1 is 0.270 bits per heavy atom. The maximum absolute atomic E-state index is 5.33. The Morgan fingerprint density at radius 2 is 0.714 bits per heavy atom. The molecule has 0 saturated carbocycles. The highest BCUT2D eigenvalue weighted by molar-refractivity contribution is 6.29. The van der Waals surface area contributed by atoms with Crippen molar-refractivity contribution >= 4 is 65.4 Å². The Labute approximate surface area is 362 Å². The summed E-state index contributed by atoms with van der Waals surface area (Å²) in [7, 11) is 0. The van der Waals surface area contributed by atoms with Gasteiger partial charge in [0.15, 0.2) is 17.5 Å². The molecule has 63 heavy (non-hydrogen) atoms. The molecule has 0 bridgehead atoms. The Bertz CT molecular complexity index is 3830. The van der Waals surface area contributed by atoms with Crippen LogP contribution in [0.5, 0.6) is 0 Å². The number of hydrogen-bond acceptors (Lipinski definition) is 3. The number of rotatable bonds is 6. The van der Waals surface area contributed by atoms with Gasteiger partial charge in [0.25, 0.3) is 0 Å². The highest BCUT2D eigenvalue weighted by atomic mass is 15.1. The minimum atomic E-state index is 0.614. The van der Waals surface area contributed by atoms with Gasteiger partial charge in [-0.05, 0) is 54.6 Å². The fourth-order valence-corrected chi connectivity index (χ4v) is 9.85. The summed E-state index contributed by atoms with van der Waals surface area (Å²) in [6.07, 6.45) is 0. The molecule has 0 aliphatic heterocycles. The van der Waals surface area contributed by atoms with E-state index in [9.17, 15) is 0 Å². The van der Waals surface area contributed by atoms with Crippen molar-refractivity contribution in [3.8, 4) is 51.2 Å². The standard InChI is InChI=1S/C57H36N6/c1-5-19-37(20-6-1)55-58-56(38-21-7-2-8-22-38)60-57(59-55)45-30-18-33-48-51(45)52-49(36-35-44-42-28-14-16-32-47(42)62(54(44)52)40-25-11-4-12-26-40)63(48)50-34-17-29-43-41-27-13-15-31-46(41)61(53(43)50)39-23-9-3-10-24-39/h1-36H. The molecule has 0 unspecified atom stereocenters. The zero-order valence-corrected chi connectivity index (χ0v) is 34.0. The minimum Gasteiger partial charge on any atom is -0.309 e. The molecule has 6 heteroatoms. The lowest BCUT2D eigenvalue weighted by Crippen LogP contribution is -2.01. The van der Waals surface area contributed by atoms with Crippen LogP contribution in [0.2, 0.25) is 0 Å².